The van der Waals surface area contributed by atoms with E-state index >= 15 is 0 Å². The summed E-state index contributed by atoms with van der Waals surface area (Å²) >= 11 is 0. The van der Waals surface area contributed by atoms with Crippen LogP contribution < -0.4 is 0 Å². The first-order valence-corrected chi connectivity index (χ1v) is 20.6. The van der Waals surface area contributed by atoms with Gasteiger partial charge in [0.1, 0.15) is 11.2 Å². The van der Waals surface area contributed by atoms with Crippen LogP contribution in [0.3, 0.4) is 0 Å². The lowest BCUT2D eigenvalue weighted by molar-refractivity contribution is 0.669. The van der Waals surface area contributed by atoms with Gasteiger partial charge < -0.3 is 8.98 Å². The third kappa shape index (κ3) is 5.65. The fourth-order valence-corrected chi connectivity index (χ4v) is 9.28. The van der Waals surface area contributed by atoms with E-state index in [0.29, 0.717) is 0 Å². The molecule has 0 radical (unpaired) electrons. The lowest BCUT2D eigenvalue weighted by atomic mass is 9.96. The summed E-state index contributed by atoms with van der Waals surface area (Å²) in [5.74, 6) is 0. The zero-order valence-corrected chi connectivity index (χ0v) is 32.7. The SMILES string of the molecule is c1ccc(-c2ccc(-c3cc(-c4ccccc4)cc(-n4c5ccc(-c6ccccc6)cc5c5cccc(-c6ccc7c(c6)oc6ccc8ccccc8c67)c54)c3)cc2)cc1. The second kappa shape index (κ2) is 13.9. The number of aromatic nitrogens is 1. The van der Waals surface area contributed by atoms with Gasteiger partial charge in [-0.25, -0.2) is 0 Å². The standard InChI is InChI=1S/C58H37NO/c1-4-13-38(14-5-1)41-23-25-42(26-24-41)47-33-46(40-17-8-3-9-18-40)34-48(35-47)59-54-31-28-44(39-15-6-2-7-16-39)36-53(54)51-22-12-21-50(58(51)59)45-27-30-52-56(37-45)60-55-32-29-43-19-10-11-20-49(43)57(52)55/h1-37H. The Morgan fingerprint density at radius 2 is 0.867 bits per heavy atom. The van der Waals surface area contributed by atoms with Crippen molar-refractivity contribution in [2.24, 2.45) is 0 Å². The predicted molar refractivity (Wildman–Crippen MR) is 253 cm³/mol. The predicted octanol–water partition coefficient (Wildman–Crippen LogP) is 16.2. The number of rotatable bonds is 6. The Balaban J connectivity index is 1.11. The Hall–Kier alpha value is -7.94. The van der Waals surface area contributed by atoms with E-state index in [2.05, 4.69) is 229 Å². The Morgan fingerprint density at radius 1 is 0.300 bits per heavy atom. The lowest BCUT2D eigenvalue weighted by Gasteiger charge is -2.16. The number of nitrogens with zero attached hydrogens (tertiary/aromatic N) is 1. The molecule has 2 nitrogen and oxygen atoms in total. The van der Waals surface area contributed by atoms with Gasteiger partial charge in [-0.3, -0.25) is 0 Å². The number of benzene rings is 10. The van der Waals surface area contributed by atoms with Crippen molar-refractivity contribution in [1.29, 1.82) is 0 Å². The zero-order valence-electron chi connectivity index (χ0n) is 32.7. The molecule has 0 saturated heterocycles. The zero-order chi connectivity index (χ0) is 39.6. The number of hydrogen-bond acceptors (Lipinski definition) is 1. The van der Waals surface area contributed by atoms with Crippen LogP contribution in [-0.2, 0) is 0 Å². The summed E-state index contributed by atoms with van der Waals surface area (Å²) in [6.07, 6.45) is 0. The summed E-state index contributed by atoms with van der Waals surface area (Å²) in [7, 11) is 0. The third-order valence-corrected chi connectivity index (χ3v) is 12.2. The van der Waals surface area contributed by atoms with Gasteiger partial charge in [-0.2, -0.15) is 0 Å². The Labute approximate surface area is 347 Å². The van der Waals surface area contributed by atoms with Crippen molar-refractivity contribution in [3.8, 4) is 61.3 Å². The van der Waals surface area contributed by atoms with Crippen molar-refractivity contribution in [2.75, 3.05) is 0 Å². The average molecular weight is 764 g/mol. The van der Waals surface area contributed by atoms with E-state index in [1.807, 2.05) is 0 Å². The maximum absolute atomic E-state index is 6.63. The van der Waals surface area contributed by atoms with Gasteiger partial charge in [0.2, 0.25) is 0 Å². The first-order chi connectivity index (χ1) is 29.7. The number of hydrogen-bond donors (Lipinski definition) is 0. The molecule has 0 unspecified atom stereocenters. The van der Waals surface area contributed by atoms with Gasteiger partial charge in [0.05, 0.1) is 11.0 Å². The molecule has 10 aromatic carbocycles. The summed E-state index contributed by atoms with van der Waals surface area (Å²) in [5, 5.41) is 7.13. The van der Waals surface area contributed by atoms with Gasteiger partial charge in [-0.15, -0.1) is 0 Å². The summed E-state index contributed by atoms with van der Waals surface area (Å²) in [6, 6.07) is 81.3. The Kier molecular flexibility index (Phi) is 7.89. The molecule has 0 aliphatic rings. The van der Waals surface area contributed by atoms with E-state index in [4.69, 9.17) is 4.42 Å². The molecule has 0 aliphatic carbocycles. The van der Waals surface area contributed by atoms with E-state index in [0.717, 1.165) is 55.3 Å². The van der Waals surface area contributed by atoms with E-state index in [1.54, 1.807) is 0 Å². The topological polar surface area (TPSA) is 18.1 Å². The average Bonchev–Trinajstić information content (AvgIpc) is 3.88. The van der Waals surface area contributed by atoms with Crippen LogP contribution in [0.2, 0.25) is 0 Å². The third-order valence-electron chi connectivity index (χ3n) is 12.2. The molecule has 0 bridgehead atoms. The van der Waals surface area contributed by atoms with Crippen LogP contribution in [0.25, 0.3) is 116 Å². The minimum Gasteiger partial charge on any atom is -0.456 e. The van der Waals surface area contributed by atoms with Crippen LogP contribution in [0.5, 0.6) is 0 Å². The summed E-state index contributed by atoms with van der Waals surface area (Å²) in [4.78, 5) is 0. The summed E-state index contributed by atoms with van der Waals surface area (Å²) in [6.45, 7) is 0. The molecule has 0 amide bonds. The Bertz CT molecular complexity index is 3560. The van der Waals surface area contributed by atoms with Crippen LogP contribution >= 0.6 is 0 Å². The fourth-order valence-electron chi connectivity index (χ4n) is 9.28. The highest BCUT2D eigenvalue weighted by atomic mass is 16.3. The normalized spacial score (nSPS) is 11.7. The van der Waals surface area contributed by atoms with E-state index in [1.165, 1.54) is 60.5 Å². The fraction of sp³-hybridized carbons (Fsp3) is 0. The van der Waals surface area contributed by atoms with Gasteiger partial charge in [-0.1, -0.05) is 176 Å². The molecule has 0 atom stereocenters. The van der Waals surface area contributed by atoms with Crippen LogP contribution in [-0.4, -0.2) is 4.57 Å². The molecule has 0 spiro atoms. The first-order valence-electron chi connectivity index (χ1n) is 20.6. The first kappa shape index (κ1) is 34.1. The molecule has 0 saturated carbocycles. The molecule has 12 aromatic rings. The summed E-state index contributed by atoms with van der Waals surface area (Å²) in [5.41, 5.74) is 17.0. The lowest BCUT2D eigenvalue weighted by Crippen LogP contribution is -1.97. The largest absolute Gasteiger partial charge is 0.456 e. The molecule has 12 rings (SSSR count). The molecule has 280 valence electrons. The molecule has 2 heterocycles. The maximum Gasteiger partial charge on any atom is 0.136 e. The van der Waals surface area contributed by atoms with Crippen molar-refractivity contribution >= 4 is 54.5 Å². The van der Waals surface area contributed by atoms with Crippen LogP contribution in [0.15, 0.2) is 229 Å². The molecule has 2 heteroatoms. The van der Waals surface area contributed by atoms with Gasteiger partial charge in [-0.05, 0) is 109 Å². The van der Waals surface area contributed by atoms with Crippen molar-refractivity contribution in [1.82, 2.24) is 4.57 Å². The van der Waals surface area contributed by atoms with Gasteiger partial charge in [0.25, 0.3) is 0 Å². The van der Waals surface area contributed by atoms with E-state index in [-0.39, 0.29) is 0 Å². The number of fused-ring (bicyclic) bond motifs is 8. The highest BCUT2D eigenvalue weighted by Crippen LogP contribution is 2.43. The second-order valence-electron chi connectivity index (χ2n) is 15.7. The van der Waals surface area contributed by atoms with Gasteiger partial charge in [0.15, 0.2) is 0 Å². The Morgan fingerprint density at radius 3 is 1.58 bits per heavy atom. The van der Waals surface area contributed by atoms with E-state index < -0.39 is 0 Å². The van der Waals surface area contributed by atoms with Crippen LogP contribution in [0.1, 0.15) is 0 Å². The molecular formula is C58H37NO. The molecule has 60 heavy (non-hydrogen) atoms. The number of para-hydroxylation sites is 1. The van der Waals surface area contributed by atoms with E-state index in [9.17, 15) is 0 Å². The molecule has 2 aromatic heterocycles. The minimum atomic E-state index is 0.886. The maximum atomic E-state index is 6.63. The monoisotopic (exact) mass is 763 g/mol. The highest BCUT2D eigenvalue weighted by molar-refractivity contribution is 6.20. The van der Waals surface area contributed by atoms with Crippen molar-refractivity contribution in [3.63, 3.8) is 0 Å². The summed E-state index contributed by atoms with van der Waals surface area (Å²) < 4.78 is 9.12. The molecule has 0 aliphatic heterocycles. The van der Waals surface area contributed by atoms with Crippen LogP contribution in [0, 0.1) is 0 Å². The number of furan rings is 1. The molecule has 0 N–H and O–H groups in total. The smallest absolute Gasteiger partial charge is 0.136 e. The van der Waals surface area contributed by atoms with Crippen molar-refractivity contribution in [3.05, 3.63) is 224 Å². The van der Waals surface area contributed by atoms with Gasteiger partial charge >= 0.3 is 0 Å². The molecule has 0 fully saturated rings. The minimum absolute atomic E-state index is 0.886. The quantitative estimate of drug-likeness (QED) is 0.165. The highest BCUT2D eigenvalue weighted by Gasteiger charge is 2.20. The van der Waals surface area contributed by atoms with Crippen LogP contribution in [0.4, 0.5) is 0 Å². The van der Waals surface area contributed by atoms with Gasteiger partial charge in [0, 0.05) is 32.8 Å². The van der Waals surface area contributed by atoms with Crippen molar-refractivity contribution < 1.29 is 4.42 Å². The van der Waals surface area contributed by atoms with Crippen molar-refractivity contribution in [2.45, 2.75) is 0 Å². The second-order valence-corrected chi connectivity index (χ2v) is 15.7. The molecular weight excluding hydrogens is 727 g/mol.